The zero-order valence-electron chi connectivity index (χ0n) is 19.6. The number of piperidine rings is 1. The minimum Gasteiger partial charge on any atom is -0.291 e. The van der Waals surface area contributed by atoms with Crippen LogP contribution >= 0.6 is 0 Å². The van der Waals surface area contributed by atoms with Crippen LogP contribution in [-0.2, 0) is 0 Å². The fourth-order valence-electron chi connectivity index (χ4n) is 4.93. The van der Waals surface area contributed by atoms with Crippen LogP contribution in [-0.4, -0.2) is 21.9 Å². The minimum atomic E-state index is -1.18. The first-order valence-corrected chi connectivity index (χ1v) is 11.2. The number of nitrogens with zero attached hydrogens (tertiary/aromatic N) is 2. The zero-order chi connectivity index (χ0) is 23.8. The van der Waals surface area contributed by atoms with Gasteiger partial charge in [0, 0.05) is 9.85 Å². The molecule has 0 aromatic heterocycles. The van der Waals surface area contributed by atoms with Gasteiger partial charge < -0.3 is 0 Å². The third-order valence-electron chi connectivity index (χ3n) is 6.89. The molecule has 1 saturated heterocycles. The van der Waals surface area contributed by atoms with E-state index >= 15 is 0 Å². The molecule has 7 nitrogen and oxygen atoms in total. The van der Waals surface area contributed by atoms with Gasteiger partial charge in [0.2, 0.25) is 12.1 Å². The van der Waals surface area contributed by atoms with Crippen molar-refractivity contribution in [3.8, 4) is 0 Å². The van der Waals surface area contributed by atoms with Gasteiger partial charge in [0.1, 0.15) is 17.5 Å². The number of rotatable bonds is 6. The highest BCUT2D eigenvalue weighted by atomic mass is 16.6. The molecule has 1 N–H and O–H groups in total. The van der Waals surface area contributed by atoms with Gasteiger partial charge in [0.25, 0.3) is 0 Å². The van der Waals surface area contributed by atoms with Gasteiger partial charge in [-0.2, -0.15) is 0 Å². The Labute approximate surface area is 189 Å². The summed E-state index contributed by atoms with van der Waals surface area (Å²) in [4.78, 5) is 23.7. The topological polar surface area (TPSA) is 98.3 Å². The third-order valence-corrected chi connectivity index (χ3v) is 6.89. The maximum Gasteiger partial charge on any atom is 0.243 e. The van der Waals surface area contributed by atoms with Gasteiger partial charge >= 0.3 is 0 Å². The van der Waals surface area contributed by atoms with E-state index in [4.69, 9.17) is 0 Å². The Morgan fingerprint density at radius 1 is 0.719 bits per heavy atom. The molecule has 32 heavy (non-hydrogen) atoms. The first-order chi connectivity index (χ1) is 14.9. The van der Waals surface area contributed by atoms with E-state index in [-0.39, 0.29) is 9.85 Å². The Morgan fingerprint density at radius 3 is 1.28 bits per heavy atom. The van der Waals surface area contributed by atoms with Crippen molar-refractivity contribution in [3.63, 3.8) is 0 Å². The maximum absolute atomic E-state index is 12.2. The second kappa shape index (κ2) is 8.98. The van der Waals surface area contributed by atoms with E-state index in [0.29, 0.717) is 11.8 Å². The lowest BCUT2D eigenvalue weighted by atomic mass is 9.66. The number of benzene rings is 2. The molecule has 172 valence electrons. The van der Waals surface area contributed by atoms with E-state index in [9.17, 15) is 20.2 Å². The normalized spacial score (nSPS) is 25.1. The fourth-order valence-corrected chi connectivity index (χ4v) is 4.93. The highest BCUT2D eigenvalue weighted by Gasteiger charge is 2.62. The molecular weight excluding hydrogens is 406 g/mol. The lowest BCUT2D eigenvalue weighted by molar-refractivity contribution is -0.605. The summed E-state index contributed by atoms with van der Waals surface area (Å²) >= 11 is 0. The average Bonchev–Trinajstić information content (AvgIpc) is 2.71. The Bertz CT molecular complexity index is 890. The fraction of sp³-hybridized carbons (Fsp3) is 0.520. The van der Waals surface area contributed by atoms with Gasteiger partial charge in [-0.1, -0.05) is 76.2 Å². The number of hydrogen-bond acceptors (Lipinski definition) is 5. The Kier molecular flexibility index (Phi) is 6.69. The van der Waals surface area contributed by atoms with Crippen LogP contribution in [0.15, 0.2) is 48.5 Å². The average molecular weight is 440 g/mol. The quantitative estimate of drug-likeness (QED) is 0.464. The molecule has 2 aromatic rings. The summed E-state index contributed by atoms with van der Waals surface area (Å²) in [5.74, 6) is 0.689. The summed E-state index contributed by atoms with van der Waals surface area (Å²) in [6.45, 7) is 11.7. The summed E-state index contributed by atoms with van der Waals surface area (Å²) in [6.07, 6.45) is 0. The van der Waals surface area contributed by atoms with Crippen LogP contribution in [0.25, 0.3) is 0 Å². The summed E-state index contributed by atoms with van der Waals surface area (Å²) in [5.41, 5.74) is 2.65. The molecule has 1 heterocycles. The molecule has 0 saturated carbocycles. The van der Waals surface area contributed by atoms with Gasteiger partial charge in [0.15, 0.2) is 0 Å². The van der Waals surface area contributed by atoms with E-state index in [2.05, 4.69) is 33.0 Å². The molecule has 0 spiro atoms. The largest absolute Gasteiger partial charge is 0.291 e. The van der Waals surface area contributed by atoms with E-state index < -0.39 is 29.6 Å². The van der Waals surface area contributed by atoms with Crippen molar-refractivity contribution in [2.24, 2.45) is 5.41 Å². The number of nitro groups is 2. The van der Waals surface area contributed by atoms with E-state index in [1.807, 2.05) is 48.5 Å². The summed E-state index contributed by atoms with van der Waals surface area (Å²) in [5, 5.41) is 27.7. The van der Waals surface area contributed by atoms with Crippen molar-refractivity contribution in [3.05, 3.63) is 91.0 Å². The molecule has 1 fully saturated rings. The summed E-state index contributed by atoms with van der Waals surface area (Å²) < 4.78 is 0. The van der Waals surface area contributed by atoms with E-state index in [1.165, 1.54) is 0 Å². The first kappa shape index (κ1) is 23.9. The van der Waals surface area contributed by atoms with Crippen molar-refractivity contribution in [2.75, 3.05) is 0 Å². The molecule has 0 radical (unpaired) electrons. The van der Waals surface area contributed by atoms with Crippen molar-refractivity contribution in [2.45, 2.75) is 77.5 Å². The second-order valence-electron chi connectivity index (χ2n) is 10.0. The summed E-state index contributed by atoms with van der Waals surface area (Å²) in [6, 6.07) is 12.0. The standard InChI is InChI=1S/C25H33N3O4/c1-15(2)17-7-11-19(12-8-17)21-23(27(29)30)25(5,6)24(28(31)32)22(26-21)20-13-9-18(10-14-20)16(3)4/h7-16,21-24,26H,1-6H3/t21-,22+,23-,24-/m0/s1. The molecule has 0 aliphatic carbocycles. The van der Waals surface area contributed by atoms with E-state index in [1.54, 1.807) is 13.8 Å². The van der Waals surface area contributed by atoms with Crippen molar-refractivity contribution < 1.29 is 9.85 Å². The lowest BCUT2D eigenvalue weighted by Crippen LogP contribution is -2.63. The van der Waals surface area contributed by atoms with E-state index in [0.717, 1.165) is 22.3 Å². The predicted octanol–water partition coefficient (Wildman–Crippen LogP) is 5.64. The maximum atomic E-state index is 12.2. The molecule has 0 amide bonds. The van der Waals surface area contributed by atoms with Gasteiger partial charge in [0.05, 0.1) is 0 Å². The smallest absolute Gasteiger partial charge is 0.243 e. The highest BCUT2D eigenvalue weighted by Crippen LogP contribution is 2.47. The molecule has 2 aromatic carbocycles. The molecule has 0 unspecified atom stereocenters. The van der Waals surface area contributed by atoms with Crippen LogP contribution in [0, 0.1) is 25.6 Å². The van der Waals surface area contributed by atoms with Crippen molar-refractivity contribution >= 4 is 0 Å². The van der Waals surface area contributed by atoms with Crippen LogP contribution in [0.2, 0.25) is 0 Å². The predicted molar refractivity (Wildman–Crippen MR) is 125 cm³/mol. The van der Waals surface area contributed by atoms with Gasteiger partial charge in [-0.3, -0.25) is 25.5 Å². The molecule has 7 heteroatoms. The molecule has 0 bridgehead atoms. The molecule has 1 aliphatic rings. The van der Waals surface area contributed by atoms with Gasteiger partial charge in [-0.05, 0) is 47.9 Å². The lowest BCUT2D eigenvalue weighted by Gasteiger charge is -2.44. The SMILES string of the molecule is CC(C)c1ccc([C@H]2N[C@@H](c3ccc(C(C)C)cc3)[C@H]([N+](=O)[O-])C(C)(C)[C@H]2[N+](=O)[O-])cc1. The first-order valence-electron chi connectivity index (χ1n) is 11.2. The van der Waals surface area contributed by atoms with Gasteiger partial charge in [-0.15, -0.1) is 0 Å². The van der Waals surface area contributed by atoms with Crippen molar-refractivity contribution in [1.29, 1.82) is 0 Å². The number of hydrogen-bond donors (Lipinski definition) is 1. The zero-order valence-corrected chi connectivity index (χ0v) is 19.6. The van der Waals surface area contributed by atoms with Crippen LogP contribution in [0.4, 0.5) is 0 Å². The molecule has 4 atom stereocenters. The molecule has 3 rings (SSSR count). The van der Waals surface area contributed by atoms with Crippen LogP contribution in [0.1, 0.15) is 87.7 Å². The Morgan fingerprint density at radius 2 is 1.03 bits per heavy atom. The van der Waals surface area contributed by atoms with Crippen molar-refractivity contribution in [1.82, 2.24) is 5.32 Å². The van der Waals surface area contributed by atoms with Crippen LogP contribution in [0.5, 0.6) is 0 Å². The third kappa shape index (κ3) is 4.39. The Balaban J connectivity index is 2.10. The highest BCUT2D eigenvalue weighted by molar-refractivity contribution is 5.33. The Hall–Kier alpha value is -2.80. The van der Waals surface area contributed by atoms with Crippen LogP contribution in [0.3, 0.4) is 0 Å². The monoisotopic (exact) mass is 439 g/mol. The van der Waals surface area contributed by atoms with Gasteiger partial charge in [-0.25, -0.2) is 0 Å². The van der Waals surface area contributed by atoms with Crippen LogP contribution < -0.4 is 5.32 Å². The number of nitrogens with one attached hydrogen (secondary N) is 1. The summed E-state index contributed by atoms with van der Waals surface area (Å²) in [7, 11) is 0. The molecule has 1 aliphatic heterocycles. The second-order valence-corrected chi connectivity index (χ2v) is 10.0. The minimum absolute atomic E-state index is 0.345. The molecular formula is C25H33N3O4.